The van der Waals surface area contributed by atoms with Gasteiger partial charge in [-0.25, -0.2) is 0 Å². The van der Waals surface area contributed by atoms with Crippen LogP contribution in [0.5, 0.6) is 5.75 Å². The number of hydrogen-bond acceptors (Lipinski definition) is 4. The van der Waals surface area contributed by atoms with Crippen molar-refractivity contribution in [1.29, 1.82) is 0 Å². The standard InChI is InChI=1S/C28H39N3O3/c1-22(2)18-30-27(32)14-12-23-11-13-26-25(17-23)20-31(19-24-9-5-3-6-10-24)21-28(33)29-15-7-4-8-16-34-26/h3,5-6,9-11,13,17,22H,4,7-8,12,14-16,18-21H2,1-2H3,(H,29,33)(H,30,32). The Morgan fingerprint density at radius 3 is 2.68 bits per heavy atom. The summed E-state index contributed by atoms with van der Waals surface area (Å²) in [6, 6.07) is 16.4. The summed E-state index contributed by atoms with van der Waals surface area (Å²) in [5, 5.41) is 6.05. The van der Waals surface area contributed by atoms with E-state index in [0.29, 0.717) is 58.1 Å². The number of nitrogens with zero attached hydrogens (tertiary/aromatic N) is 1. The molecule has 3 rings (SSSR count). The fraction of sp³-hybridized carbons (Fsp3) is 0.500. The number of carbonyl (C=O) groups is 2. The zero-order chi connectivity index (χ0) is 24.2. The monoisotopic (exact) mass is 465 g/mol. The molecule has 0 fully saturated rings. The minimum Gasteiger partial charge on any atom is -0.493 e. The van der Waals surface area contributed by atoms with E-state index in [9.17, 15) is 9.59 Å². The van der Waals surface area contributed by atoms with Crippen molar-refractivity contribution in [2.75, 3.05) is 26.2 Å². The van der Waals surface area contributed by atoms with Crippen LogP contribution in [-0.4, -0.2) is 43.0 Å². The smallest absolute Gasteiger partial charge is 0.234 e. The third kappa shape index (κ3) is 9.18. The fourth-order valence-electron chi connectivity index (χ4n) is 4.04. The summed E-state index contributed by atoms with van der Waals surface area (Å²) in [7, 11) is 0. The lowest BCUT2D eigenvalue weighted by Crippen LogP contribution is -2.37. The highest BCUT2D eigenvalue weighted by Gasteiger charge is 2.16. The van der Waals surface area contributed by atoms with Crippen molar-refractivity contribution in [3.63, 3.8) is 0 Å². The molecular formula is C28H39N3O3. The van der Waals surface area contributed by atoms with Crippen LogP contribution in [0, 0.1) is 5.92 Å². The first-order chi connectivity index (χ1) is 16.5. The molecule has 0 aliphatic carbocycles. The number of benzene rings is 2. The van der Waals surface area contributed by atoms with Gasteiger partial charge in [0.15, 0.2) is 0 Å². The molecule has 0 aromatic heterocycles. The molecule has 0 bridgehead atoms. The number of ether oxygens (including phenoxy) is 1. The van der Waals surface area contributed by atoms with Crippen LogP contribution < -0.4 is 15.4 Å². The van der Waals surface area contributed by atoms with Crippen molar-refractivity contribution in [3.8, 4) is 5.75 Å². The molecule has 2 N–H and O–H groups in total. The SMILES string of the molecule is CC(C)CNC(=O)CCc1ccc2c(c1)CN(Cc1ccccc1)CC(=O)NCCCCCO2. The van der Waals surface area contributed by atoms with E-state index in [2.05, 4.69) is 53.6 Å². The third-order valence-electron chi connectivity index (χ3n) is 5.88. The number of hydrogen-bond donors (Lipinski definition) is 2. The van der Waals surface area contributed by atoms with E-state index < -0.39 is 0 Å². The van der Waals surface area contributed by atoms with Gasteiger partial charge in [-0.1, -0.05) is 56.3 Å². The van der Waals surface area contributed by atoms with Crippen molar-refractivity contribution >= 4 is 11.8 Å². The zero-order valence-corrected chi connectivity index (χ0v) is 20.6. The van der Waals surface area contributed by atoms with E-state index in [-0.39, 0.29) is 11.8 Å². The molecule has 6 heteroatoms. The number of fused-ring (bicyclic) bond motifs is 1. The molecule has 2 aromatic rings. The Hall–Kier alpha value is -2.86. The molecule has 6 nitrogen and oxygen atoms in total. The van der Waals surface area contributed by atoms with Crippen LogP contribution in [-0.2, 0) is 29.1 Å². The summed E-state index contributed by atoms with van der Waals surface area (Å²) in [6.07, 6.45) is 4.07. The zero-order valence-electron chi connectivity index (χ0n) is 20.6. The van der Waals surface area contributed by atoms with Gasteiger partial charge in [0.25, 0.3) is 0 Å². The van der Waals surface area contributed by atoms with Gasteiger partial charge in [0.05, 0.1) is 13.2 Å². The Bertz CT molecular complexity index is 914. The van der Waals surface area contributed by atoms with Gasteiger partial charge in [-0.15, -0.1) is 0 Å². The number of rotatable bonds is 7. The molecule has 1 aliphatic rings. The van der Waals surface area contributed by atoms with Crippen LogP contribution >= 0.6 is 0 Å². The highest BCUT2D eigenvalue weighted by atomic mass is 16.5. The van der Waals surface area contributed by atoms with Crippen LogP contribution in [0.2, 0.25) is 0 Å². The summed E-state index contributed by atoms with van der Waals surface area (Å²) >= 11 is 0. The van der Waals surface area contributed by atoms with Crippen molar-refractivity contribution in [3.05, 3.63) is 65.2 Å². The Labute approximate surface area is 204 Å². The topological polar surface area (TPSA) is 70.7 Å². The molecule has 0 saturated carbocycles. The van der Waals surface area contributed by atoms with Gasteiger partial charge in [-0.2, -0.15) is 0 Å². The largest absolute Gasteiger partial charge is 0.493 e. The van der Waals surface area contributed by atoms with Gasteiger partial charge < -0.3 is 15.4 Å². The van der Waals surface area contributed by atoms with Crippen molar-refractivity contribution in [2.24, 2.45) is 5.92 Å². The van der Waals surface area contributed by atoms with Gasteiger partial charge >= 0.3 is 0 Å². The van der Waals surface area contributed by atoms with E-state index in [1.807, 2.05) is 24.3 Å². The van der Waals surface area contributed by atoms with E-state index in [1.165, 1.54) is 5.56 Å². The molecule has 34 heavy (non-hydrogen) atoms. The first kappa shape index (κ1) is 25.8. The van der Waals surface area contributed by atoms with E-state index in [1.54, 1.807) is 0 Å². The molecule has 0 spiro atoms. The highest BCUT2D eigenvalue weighted by Crippen LogP contribution is 2.24. The summed E-state index contributed by atoms with van der Waals surface area (Å²) in [5.74, 6) is 1.44. The van der Waals surface area contributed by atoms with Crippen LogP contribution in [0.1, 0.15) is 56.2 Å². The molecule has 0 unspecified atom stereocenters. The van der Waals surface area contributed by atoms with Crippen molar-refractivity contribution in [2.45, 2.75) is 59.0 Å². The Morgan fingerprint density at radius 2 is 1.88 bits per heavy atom. The summed E-state index contributed by atoms with van der Waals surface area (Å²) < 4.78 is 6.16. The maximum Gasteiger partial charge on any atom is 0.234 e. The van der Waals surface area contributed by atoms with Crippen LogP contribution in [0.15, 0.2) is 48.5 Å². The van der Waals surface area contributed by atoms with Crippen LogP contribution in [0.3, 0.4) is 0 Å². The highest BCUT2D eigenvalue weighted by molar-refractivity contribution is 5.78. The molecule has 2 aromatic carbocycles. The summed E-state index contributed by atoms with van der Waals surface area (Å²) in [4.78, 5) is 27.0. The second-order valence-electron chi connectivity index (χ2n) is 9.53. The lowest BCUT2D eigenvalue weighted by Gasteiger charge is -2.24. The number of carbonyl (C=O) groups excluding carboxylic acids is 2. The second kappa shape index (κ2) is 13.8. The number of amides is 2. The number of nitrogens with one attached hydrogen (secondary N) is 2. The molecule has 1 heterocycles. The maximum atomic E-state index is 12.6. The molecule has 0 saturated heterocycles. The molecule has 2 amide bonds. The van der Waals surface area contributed by atoms with Gasteiger partial charge in [0, 0.05) is 38.2 Å². The molecule has 0 radical (unpaired) electrons. The predicted octanol–water partition coefficient (Wildman–Crippen LogP) is 4.07. The average molecular weight is 466 g/mol. The molecule has 1 aliphatic heterocycles. The first-order valence-electron chi connectivity index (χ1n) is 12.5. The fourth-order valence-corrected chi connectivity index (χ4v) is 4.04. The van der Waals surface area contributed by atoms with E-state index in [0.717, 1.165) is 36.1 Å². The quantitative estimate of drug-likeness (QED) is 0.647. The van der Waals surface area contributed by atoms with E-state index in [4.69, 9.17) is 4.74 Å². The minimum absolute atomic E-state index is 0.0515. The minimum atomic E-state index is 0.0515. The predicted molar refractivity (Wildman–Crippen MR) is 136 cm³/mol. The summed E-state index contributed by atoms with van der Waals surface area (Å²) in [5.41, 5.74) is 3.33. The Kier molecular flexibility index (Phi) is 10.4. The lowest BCUT2D eigenvalue weighted by atomic mass is 10.0. The average Bonchev–Trinajstić information content (AvgIpc) is 2.83. The third-order valence-corrected chi connectivity index (χ3v) is 5.88. The van der Waals surface area contributed by atoms with Crippen molar-refractivity contribution < 1.29 is 14.3 Å². The van der Waals surface area contributed by atoms with Gasteiger partial charge in [0.1, 0.15) is 5.75 Å². The van der Waals surface area contributed by atoms with Crippen molar-refractivity contribution in [1.82, 2.24) is 15.5 Å². The Morgan fingerprint density at radius 1 is 1.06 bits per heavy atom. The lowest BCUT2D eigenvalue weighted by molar-refractivity contribution is -0.122. The van der Waals surface area contributed by atoms with Crippen LogP contribution in [0.4, 0.5) is 0 Å². The molecule has 184 valence electrons. The maximum absolute atomic E-state index is 12.6. The normalized spacial score (nSPS) is 15.8. The van der Waals surface area contributed by atoms with Gasteiger partial charge in [-0.3, -0.25) is 14.5 Å². The van der Waals surface area contributed by atoms with Gasteiger partial charge in [-0.05, 0) is 48.8 Å². The van der Waals surface area contributed by atoms with Gasteiger partial charge in [0.2, 0.25) is 11.8 Å². The summed E-state index contributed by atoms with van der Waals surface area (Å²) in [6.45, 7) is 7.86. The van der Waals surface area contributed by atoms with E-state index >= 15 is 0 Å². The Balaban J connectivity index is 1.77. The molecular weight excluding hydrogens is 426 g/mol. The first-order valence-corrected chi connectivity index (χ1v) is 12.5. The number of aryl methyl sites for hydroxylation is 1. The second-order valence-corrected chi connectivity index (χ2v) is 9.53. The molecule has 0 atom stereocenters. The van der Waals surface area contributed by atoms with Crippen LogP contribution in [0.25, 0.3) is 0 Å².